The van der Waals surface area contributed by atoms with Crippen molar-refractivity contribution in [3.05, 3.63) is 35.4 Å². The van der Waals surface area contributed by atoms with Gasteiger partial charge >= 0.3 is 0 Å². The fourth-order valence-corrected chi connectivity index (χ4v) is 5.33. The number of nitrogens with one attached hydrogen (secondary N) is 1. The molecule has 1 saturated heterocycles. The second-order valence-electron chi connectivity index (χ2n) is 9.87. The highest BCUT2D eigenvalue weighted by molar-refractivity contribution is 5.94. The van der Waals surface area contributed by atoms with E-state index >= 15 is 0 Å². The van der Waals surface area contributed by atoms with Crippen LogP contribution in [-0.4, -0.2) is 66.4 Å². The molecule has 1 aromatic carbocycles. The van der Waals surface area contributed by atoms with Gasteiger partial charge in [0.1, 0.15) is 0 Å². The molecule has 1 N–H and O–H groups in total. The molecule has 3 atom stereocenters. The molecule has 1 aliphatic carbocycles. The monoisotopic (exact) mass is 471 g/mol. The molecule has 1 aromatic rings. The SMILES string of the molecule is CCOC[C@@H]1CCCN(C[C@H]2CCCC[C@@H]2NC(=O)c2ccc(CN(C(C)=O)C(C)=O)cc2)C1. The number of benzene rings is 1. The van der Waals surface area contributed by atoms with Gasteiger partial charge in [0.2, 0.25) is 11.8 Å². The van der Waals surface area contributed by atoms with E-state index in [9.17, 15) is 14.4 Å². The highest BCUT2D eigenvalue weighted by Crippen LogP contribution is 2.27. The number of amides is 3. The summed E-state index contributed by atoms with van der Waals surface area (Å²) in [6, 6.07) is 7.39. The number of rotatable bonds is 9. The first-order valence-corrected chi connectivity index (χ1v) is 12.9. The van der Waals surface area contributed by atoms with Gasteiger partial charge in [0, 0.05) is 45.1 Å². The van der Waals surface area contributed by atoms with Gasteiger partial charge in [-0.2, -0.15) is 0 Å². The summed E-state index contributed by atoms with van der Waals surface area (Å²) in [6.07, 6.45) is 7.02. The number of ether oxygens (including phenoxy) is 1. The van der Waals surface area contributed by atoms with Gasteiger partial charge in [-0.1, -0.05) is 25.0 Å². The average molecular weight is 472 g/mol. The Labute approximate surface area is 204 Å². The van der Waals surface area contributed by atoms with Crippen LogP contribution in [0.15, 0.2) is 24.3 Å². The van der Waals surface area contributed by atoms with E-state index in [-0.39, 0.29) is 30.3 Å². The number of likely N-dealkylation sites (tertiary alicyclic amines) is 1. The van der Waals surface area contributed by atoms with Gasteiger partial charge in [0.25, 0.3) is 5.91 Å². The minimum atomic E-state index is -0.282. The van der Waals surface area contributed by atoms with Crippen molar-refractivity contribution in [2.75, 3.05) is 32.8 Å². The lowest BCUT2D eigenvalue weighted by Crippen LogP contribution is -2.48. The van der Waals surface area contributed by atoms with Crippen LogP contribution < -0.4 is 5.32 Å². The summed E-state index contributed by atoms with van der Waals surface area (Å²) in [6.45, 7) is 9.94. The molecule has 3 amide bonds. The van der Waals surface area contributed by atoms with E-state index < -0.39 is 0 Å². The van der Waals surface area contributed by atoms with Gasteiger partial charge in [0.05, 0.1) is 13.2 Å². The number of hydrogen-bond donors (Lipinski definition) is 1. The second-order valence-corrected chi connectivity index (χ2v) is 9.87. The second kappa shape index (κ2) is 13.0. The van der Waals surface area contributed by atoms with Crippen LogP contribution in [0.5, 0.6) is 0 Å². The van der Waals surface area contributed by atoms with Crippen LogP contribution in [0.4, 0.5) is 0 Å². The third kappa shape index (κ3) is 7.64. The topological polar surface area (TPSA) is 79.0 Å². The Morgan fingerprint density at radius 2 is 1.74 bits per heavy atom. The van der Waals surface area contributed by atoms with Crippen LogP contribution in [0.25, 0.3) is 0 Å². The molecule has 7 heteroatoms. The molecule has 34 heavy (non-hydrogen) atoms. The standard InChI is InChI=1S/C27H41N3O4/c1-4-34-19-23-8-7-15-29(16-23)18-25-9-5-6-10-26(25)28-27(33)24-13-11-22(12-14-24)17-30(20(2)31)21(3)32/h11-14,23,25-26H,4-10,15-19H2,1-3H3,(H,28,33)/t23-,25-,26+/m1/s1. The lowest BCUT2D eigenvalue weighted by molar-refractivity contribution is -0.142. The van der Waals surface area contributed by atoms with Crippen LogP contribution in [0, 0.1) is 11.8 Å². The Morgan fingerprint density at radius 1 is 1.03 bits per heavy atom. The number of carbonyl (C=O) groups is 3. The van der Waals surface area contributed by atoms with Crippen LogP contribution in [0.1, 0.15) is 75.2 Å². The van der Waals surface area contributed by atoms with E-state index in [0.717, 1.165) is 57.7 Å². The fourth-order valence-electron chi connectivity index (χ4n) is 5.33. The highest BCUT2D eigenvalue weighted by atomic mass is 16.5. The first-order chi connectivity index (χ1) is 16.4. The van der Waals surface area contributed by atoms with E-state index in [2.05, 4.69) is 17.1 Å². The van der Waals surface area contributed by atoms with E-state index in [1.807, 2.05) is 12.1 Å². The number of imide groups is 1. The lowest BCUT2D eigenvalue weighted by atomic mass is 9.83. The van der Waals surface area contributed by atoms with E-state index in [1.54, 1.807) is 12.1 Å². The van der Waals surface area contributed by atoms with E-state index in [4.69, 9.17) is 4.74 Å². The summed E-state index contributed by atoms with van der Waals surface area (Å²) in [5, 5.41) is 3.31. The summed E-state index contributed by atoms with van der Waals surface area (Å²) >= 11 is 0. The molecule has 1 aliphatic heterocycles. The van der Waals surface area contributed by atoms with Crippen LogP contribution in [0.2, 0.25) is 0 Å². The Morgan fingerprint density at radius 3 is 2.41 bits per heavy atom. The third-order valence-electron chi connectivity index (χ3n) is 7.20. The third-order valence-corrected chi connectivity index (χ3v) is 7.20. The van der Waals surface area contributed by atoms with Crippen molar-refractivity contribution < 1.29 is 19.1 Å². The minimum Gasteiger partial charge on any atom is -0.381 e. The summed E-state index contributed by atoms with van der Waals surface area (Å²) in [5.74, 6) is 0.478. The first kappa shape index (κ1) is 26.4. The predicted molar refractivity (Wildman–Crippen MR) is 132 cm³/mol. The van der Waals surface area contributed by atoms with Gasteiger partial charge < -0.3 is 15.0 Å². The molecule has 188 valence electrons. The number of hydrogen-bond acceptors (Lipinski definition) is 5. The largest absolute Gasteiger partial charge is 0.381 e. The normalized spacial score (nSPS) is 23.3. The highest BCUT2D eigenvalue weighted by Gasteiger charge is 2.30. The van der Waals surface area contributed by atoms with E-state index in [1.165, 1.54) is 38.0 Å². The molecule has 0 aromatic heterocycles. The fraction of sp³-hybridized carbons (Fsp3) is 0.667. The zero-order valence-electron chi connectivity index (χ0n) is 21.1. The molecule has 2 fully saturated rings. The van der Waals surface area contributed by atoms with Crippen molar-refractivity contribution in [1.29, 1.82) is 0 Å². The zero-order valence-corrected chi connectivity index (χ0v) is 21.1. The lowest BCUT2D eigenvalue weighted by Gasteiger charge is -2.39. The summed E-state index contributed by atoms with van der Waals surface area (Å²) in [4.78, 5) is 40.1. The predicted octanol–water partition coefficient (Wildman–Crippen LogP) is 3.62. The summed E-state index contributed by atoms with van der Waals surface area (Å²) < 4.78 is 5.67. The number of carbonyl (C=O) groups excluding carboxylic acids is 3. The van der Waals surface area contributed by atoms with Gasteiger partial charge in [-0.05, 0) is 68.7 Å². The molecule has 1 heterocycles. The molecule has 3 rings (SSSR count). The smallest absolute Gasteiger partial charge is 0.251 e. The molecule has 0 unspecified atom stereocenters. The van der Waals surface area contributed by atoms with Crippen LogP contribution >= 0.6 is 0 Å². The molecule has 1 saturated carbocycles. The summed E-state index contributed by atoms with van der Waals surface area (Å²) in [7, 11) is 0. The Bertz CT molecular complexity index is 812. The maximum Gasteiger partial charge on any atom is 0.251 e. The number of piperidine rings is 1. The quantitative estimate of drug-likeness (QED) is 0.595. The van der Waals surface area contributed by atoms with Crippen molar-refractivity contribution >= 4 is 17.7 Å². The van der Waals surface area contributed by atoms with Gasteiger partial charge in [-0.15, -0.1) is 0 Å². The Balaban J connectivity index is 1.56. The maximum atomic E-state index is 13.0. The molecular weight excluding hydrogens is 430 g/mol. The van der Waals surface area contributed by atoms with Crippen LogP contribution in [0.3, 0.4) is 0 Å². The average Bonchev–Trinajstić information content (AvgIpc) is 2.82. The van der Waals surface area contributed by atoms with Gasteiger partial charge in [-0.3, -0.25) is 19.3 Å². The van der Waals surface area contributed by atoms with Crippen molar-refractivity contribution in [1.82, 2.24) is 15.1 Å². The van der Waals surface area contributed by atoms with Crippen molar-refractivity contribution in [3.8, 4) is 0 Å². The molecule has 0 radical (unpaired) electrons. The molecular formula is C27H41N3O4. The molecule has 0 bridgehead atoms. The van der Waals surface area contributed by atoms with Crippen molar-refractivity contribution in [2.24, 2.45) is 11.8 Å². The Kier molecular flexibility index (Phi) is 10.1. The van der Waals surface area contributed by atoms with Gasteiger partial charge in [-0.25, -0.2) is 0 Å². The minimum absolute atomic E-state index is 0.0497. The summed E-state index contributed by atoms with van der Waals surface area (Å²) in [5.41, 5.74) is 1.43. The van der Waals surface area contributed by atoms with E-state index in [0.29, 0.717) is 17.4 Å². The molecule has 2 aliphatic rings. The molecule has 0 spiro atoms. The maximum absolute atomic E-state index is 13.0. The zero-order chi connectivity index (χ0) is 24.5. The van der Waals surface area contributed by atoms with Crippen LogP contribution in [-0.2, 0) is 20.9 Å². The van der Waals surface area contributed by atoms with Crippen molar-refractivity contribution in [2.45, 2.75) is 71.9 Å². The Hall–Kier alpha value is -2.25. The first-order valence-electron chi connectivity index (χ1n) is 12.9. The van der Waals surface area contributed by atoms with Gasteiger partial charge in [0.15, 0.2) is 0 Å². The number of nitrogens with zero attached hydrogens (tertiary/aromatic N) is 2. The molecule has 7 nitrogen and oxygen atoms in total. The van der Waals surface area contributed by atoms with Crippen molar-refractivity contribution in [3.63, 3.8) is 0 Å².